The summed E-state index contributed by atoms with van der Waals surface area (Å²) in [6.45, 7) is 4.22. The van der Waals surface area contributed by atoms with Gasteiger partial charge in [0.05, 0.1) is 12.3 Å². The maximum absolute atomic E-state index is 13.0. The molecule has 2 aromatic carbocycles. The third-order valence-corrected chi connectivity index (χ3v) is 4.54. The van der Waals surface area contributed by atoms with Crippen LogP contribution in [-0.4, -0.2) is 43.5 Å². The Bertz CT molecular complexity index is 1250. The number of nitrogens with two attached hydrogens (primary N) is 1. The number of hydrazone groups is 1. The number of carbonyl (C=O) groups excluding carboxylic acids is 1. The molecule has 0 unspecified atom stereocenters. The van der Waals surface area contributed by atoms with Crippen molar-refractivity contribution in [1.82, 2.24) is 30.7 Å². The van der Waals surface area contributed by atoms with Gasteiger partial charge in [0.25, 0.3) is 5.91 Å². The molecule has 0 saturated heterocycles. The molecule has 0 aliphatic carbocycles. The van der Waals surface area contributed by atoms with E-state index < -0.39 is 5.91 Å². The fraction of sp³-hybridized carbons (Fsp3) is 0.143. The molecule has 1 amide bonds. The van der Waals surface area contributed by atoms with Gasteiger partial charge in [0, 0.05) is 5.56 Å². The predicted molar refractivity (Wildman–Crippen MR) is 116 cm³/mol. The Morgan fingerprint density at radius 1 is 1.16 bits per heavy atom. The molecular weight excluding hydrogens is 412 g/mol. The van der Waals surface area contributed by atoms with Crippen LogP contribution in [0.25, 0.3) is 17.1 Å². The summed E-state index contributed by atoms with van der Waals surface area (Å²) in [6, 6.07) is 16.6. The van der Waals surface area contributed by atoms with Crippen LogP contribution < -0.4 is 15.9 Å². The summed E-state index contributed by atoms with van der Waals surface area (Å²) in [5.74, 6) is 0.258. The van der Waals surface area contributed by atoms with Gasteiger partial charge in [-0.2, -0.15) is 9.78 Å². The number of anilines is 1. The van der Waals surface area contributed by atoms with Crippen molar-refractivity contribution in [3.05, 3.63) is 65.9 Å². The van der Waals surface area contributed by atoms with Crippen LogP contribution in [0.2, 0.25) is 0 Å². The molecule has 0 saturated carbocycles. The maximum atomic E-state index is 13.0. The second-order valence-electron chi connectivity index (χ2n) is 6.63. The summed E-state index contributed by atoms with van der Waals surface area (Å²) in [6.07, 6.45) is 0. The first kappa shape index (κ1) is 20.7. The average molecular weight is 432 g/mol. The number of hydrogen-bond acceptors (Lipinski definition) is 9. The quantitative estimate of drug-likeness (QED) is 0.334. The lowest BCUT2D eigenvalue weighted by atomic mass is 10.1. The van der Waals surface area contributed by atoms with Gasteiger partial charge in [0.2, 0.25) is 11.6 Å². The van der Waals surface area contributed by atoms with Crippen LogP contribution in [0.4, 0.5) is 5.82 Å². The Hall–Kier alpha value is -4.54. The number of amides is 1. The van der Waals surface area contributed by atoms with Crippen LogP contribution >= 0.6 is 0 Å². The minimum Gasteiger partial charge on any atom is -0.494 e. The van der Waals surface area contributed by atoms with Crippen molar-refractivity contribution in [2.24, 2.45) is 5.10 Å². The van der Waals surface area contributed by atoms with Gasteiger partial charge in [0.15, 0.2) is 5.69 Å². The average Bonchev–Trinajstić information content (AvgIpc) is 3.44. The number of nitrogens with zero attached hydrogens (tertiary/aromatic N) is 6. The standard InChI is InChI=1S/C21H20N8O3/c1-3-31-16-11-9-15(10-12-16)18-17(24-28-29(18)20-19(22)26-32-27-20)21(30)25-23-13(2)14-7-5-4-6-8-14/h4-12H,3H2,1-2H3,(H2,22,26)(H,25,30)/b23-13-. The van der Waals surface area contributed by atoms with Gasteiger partial charge >= 0.3 is 0 Å². The number of nitrogens with one attached hydrogen (secondary N) is 1. The van der Waals surface area contributed by atoms with Crippen molar-refractivity contribution in [2.45, 2.75) is 13.8 Å². The minimum atomic E-state index is -0.551. The van der Waals surface area contributed by atoms with Gasteiger partial charge in [0.1, 0.15) is 11.4 Å². The molecule has 11 heteroatoms. The Balaban J connectivity index is 1.71. The molecule has 0 bridgehead atoms. The van der Waals surface area contributed by atoms with E-state index >= 15 is 0 Å². The minimum absolute atomic E-state index is 0.00647. The first-order valence-electron chi connectivity index (χ1n) is 9.76. The van der Waals surface area contributed by atoms with E-state index in [1.807, 2.05) is 37.3 Å². The van der Waals surface area contributed by atoms with Gasteiger partial charge < -0.3 is 10.5 Å². The zero-order valence-electron chi connectivity index (χ0n) is 17.4. The van der Waals surface area contributed by atoms with E-state index in [-0.39, 0.29) is 17.3 Å². The van der Waals surface area contributed by atoms with E-state index in [0.29, 0.717) is 29.3 Å². The first-order chi connectivity index (χ1) is 15.6. The predicted octanol–water partition coefficient (Wildman–Crippen LogP) is 2.45. The van der Waals surface area contributed by atoms with E-state index in [2.05, 4.69) is 35.8 Å². The highest BCUT2D eigenvalue weighted by atomic mass is 16.6. The molecule has 2 heterocycles. The number of carbonyl (C=O) groups is 1. The molecule has 4 aromatic rings. The molecule has 0 radical (unpaired) electrons. The molecule has 0 fully saturated rings. The summed E-state index contributed by atoms with van der Waals surface area (Å²) < 4.78 is 11.5. The van der Waals surface area contributed by atoms with E-state index in [0.717, 1.165) is 5.56 Å². The largest absolute Gasteiger partial charge is 0.494 e. The van der Waals surface area contributed by atoms with Gasteiger partial charge in [-0.3, -0.25) is 4.79 Å². The summed E-state index contributed by atoms with van der Waals surface area (Å²) in [7, 11) is 0. The van der Waals surface area contributed by atoms with Crippen LogP contribution in [0.15, 0.2) is 64.3 Å². The van der Waals surface area contributed by atoms with Crippen molar-refractivity contribution in [1.29, 1.82) is 0 Å². The van der Waals surface area contributed by atoms with Crippen LogP contribution in [0, 0.1) is 0 Å². The van der Waals surface area contributed by atoms with E-state index in [1.165, 1.54) is 4.68 Å². The summed E-state index contributed by atoms with van der Waals surface area (Å²) in [4.78, 5) is 13.0. The highest BCUT2D eigenvalue weighted by Crippen LogP contribution is 2.28. The molecule has 0 spiro atoms. The number of benzene rings is 2. The normalized spacial score (nSPS) is 11.4. The number of aromatic nitrogens is 5. The van der Waals surface area contributed by atoms with E-state index in [1.54, 1.807) is 31.2 Å². The smallest absolute Gasteiger partial charge is 0.294 e. The Morgan fingerprint density at radius 2 is 1.91 bits per heavy atom. The van der Waals surface area contributed by atoms with Gasteiger partial charge in [-0.15, -0.1) is 5.10 Å². The number of hydrogen-bond donors (Lipinski definition) is 2. The van der Waals surface area contributed by atoms with Gasteiger partial charge in [-0.1, -0.05) is 35.5 Å². The highest BCUT2D eigenvalue weighted by Gasteiger charge is 2.25. The molecule has 4 rings (SSSR count). The van der Waals surface area contributed by atoms with Crippen LogP contribution in [0.5, 0.6) is 5.75 Å². The topological polar surface area (TPSA) is 146 Å². The Labute approximate surface area is 182 Å². The van der Waals surface area contributed by atoms with Crippen molar-refractivity contribution < 1.29 is 14.2 Å². The molecule has 32 heavy (non-hydrogen) atoms. The van der Waals surface area contributed by atoms with Crippen LogP contribution in [0.3, 0.4) is 0 Å². The lowest BCUT2D eigenvalue weighted by molar-refractivity contribution is 0.0950. The number of nitrogen functional groups attached to an aromatic ring is 1. The zero-order valence-corrected chi connectivity index (χ0v) is 17.4. The fourth-order valence-corrected chi connectivity index (χ4v) is 2.99. The lowest BCUT2D eigenvalue weighted by Crippen LogP contribution is -2.21. The summed E-state index contributed by atoms with van der Waals surface area (Å²) >= 11 is 0. The van der Waals surface area contributed by atoms with E-state index in [4.69, 9.17) is 10.5 Å². The van der Waals surface area contributed by atoms with Crippen molar-refractivity contribution in [3.8, 4) is 22.8 Å². The molecule has 0 aliphatic heterocycles. The zero-order chi connectivity index (χ0) is 22.5. The molecular formula is C21H20N8O3. The fourth-order valence-electron chi connectivity index (χ4n) is 2.99. The van der Waals surface area contributed by atoms with Crippen LogP contribution in [0.1, 0.15) is 29.9 Å². The van der Waals surface area contributed by atoms with Crippen molar-refractivity contribution in [2.75, 3.05) is 12.3 Å². The van der Waals surface area contributed by atoms with E-state index in [9.17, 15) is 4.79 Å². The SMILES string of the molecule is CCOc1ccc(-c2c(C(=O)N/N=C(/C)c3ccccc3)nnn2-c2nonc2N)cc1. The lowest BCUT2D eigenvalue weighted by Gasteiger charge is -2.08. The summed E-state index contributed by atoms with van der Waals surface area (Å²) in [5, 5.41) is 19.6. The monoisotopic (exact) mass is 432 g/mol. The number of rotatable bonds is 7. The molecule has 3 N–H and O–H groups in total. The maximum Gasteiger partial charge on any atom is 0.294 e. The van der Waals surface area contributed by atoms with Crippen LogP contribution in [-0.2, 0) is 0 Å². The third-order valence-electron chi connectivity index (χ3n) is 4.54. The van der Waals surface area contributed by atoms with Gasteiger partial charge in [-0.25, -0.2) is 10.1 Å². The molecule has 2 aromatic heterocycles. The second-order valence-corrected chi connectivity index (χ2v) is 6.63. The van der Waals surface area contributed by atoms with Crippen molar-refractivity contribution in [3.63, 3.8) is 0 Å². The summed E-state index contributed by atoms with van der Waals surface area (Å²) in [5.41, 5.74) is 10.9. The van der Waals surface area contributed by atoms with Crippen molar-refractivity contribution >= 4 is 17.4 Å². The highest BCUT2D eigenvalue weighted by molar-refractivity contribution is 6.02. The number of ether oxygens (including phenoxy) is 1. The Morgan fingerprint density at radius 3 is 2.56 bits per heavy atom. The Kier molecular flexibility index (Phi) is 5.88. The molecule has 0 aliphatic rings. The molecule has 162 valence electrons. The third kappa shape index (κ3) is 4.17. The molecule has 0 atom stereocenters. The van der Waals surface area contributed by atoms with Gasteiger partial charge in [-0.05, 0) is 54.0 Å². The second kappa shape index (κ2) is 9.08. The molecule has 11 nitrogen and oxygen atoms in total. The first-order valence-corrected chi connectivity index (χ1v) is 9.76.